The van der Waals surface area contributed by atoms with Gasteiger partial charge in [-0.15, -0.1) is 0 Å². The molecule has 2 aromatic carbocycles. The van der Waals surface area contributed by atoms with Gasteiger partial charge in [0.1, 0.15) is 14.0 Å². The molecule has 0 unspecified atom stereocenters. The Morgan fingerprint density at radius 1 is 0.686 bits per heavy atom. The maximum Gasteiger partial charge on any atom is 0.141 e. The highest BCUT2D eigenvalue weighted by Crippen LogP contribution is 2.48. The first kappa shape index (κ1) is 25.3. The fourth-order valence-corrected chi connectivity index (χ4v) is 7.21. The minimum absolute atomic E-state index is 0.407. The van der Waals surface area contributed by atoms with Crippen LogP contribution < -0.4 is 10.0 Å². The Labute approximate surface area is 212 Å². The second kappa shape index (κ2) is 10.5. The molecule has 0 N–H and O–H groups in total. The molecule has 3 nitrogen and oxygen atoms in total. The molecule has 4 aromatic rings. The number of hydrogen-bond acceptors (Lipinski definition) is 1. The van der Waals surface area contributed by atoms with Crippen molar-refractivity contribution < 1.29 is 4.74 Å². The molecule has 0 aliphatic rings. The molecule has 35 heavy (non-hydrogen) atoms. The highest BCUT2D eigenvalue weighted by molar-refractivity contribution is 7.63. The number of aromatic nitrogens is 2. The van der Waals surface area contributed by atoms with Crippen molar-refractivity contribution in [2.24, 2.45) is 0 Å². The van der Waals surface area contributed by atoms with Gasteiger partial charge in [-0.3, -0.25) is 0 Å². The topological polar surface area (TPSA) is 19.1 Å². The lowest BCUT2D eigenvalue weighted by Crippen LogP contribution is -2.19. The molecule has 2 heterocycles. The van der Waals surface area contributed by atoms with Gasteiger partial charge in [0.05, 0.1) is 12.4 Å². The first-order valence-electron chi connectivity index (χ1n) is 12.7. The molecule has 0 spiro atoms. The van der Waals surface area contributed by atoms with Crippen LogP contribution in [0.5, 0.6) is 5.75 Å². The van der Waals surface area contributed by atoms with Crippen molar-refractivity contribution in [2.45, 2.75) is 66.2 Å². The van der Waals surface area contributed by atoms with Crippen LogP contribution in [-0.4, -0.2) is 15.8 Å². The van der Waals surface area contributed by atoms with E-state index in [4.69, 9.17) is 4.74 Å². The van der Waals surface area contributed by atoms with Crippen molar-refractivity contribution in [1.29, 1.82) is 0 Å². The van der Waals surface area contributed by atoms with Gasteiger partial charge < -0.3 is 13.4 Å². The van der Waals surface area contributed by atoms with Crippen LogP contribution in [0.4, 0.5) is 0 Å². The van der Waals surface area contributed by atoms with Gasteiger partial charge in [0, 0.05) is 30.4 Å². The third-order valence-electron chi connectivity index (χ3n) is 6.77. The fraction of sp³-hybridized carbons (Fsp3) is 0.355. The van der Waals surface area contributed by atoms with E-state index < -0.39 is 8.22 Å². The molecule has 0 bridgehead atoms. The third kappa shape index (κ3) is 4.84. The summed E-state index contributed by atoms with van der Waals surface area (Å²) in [6, 6.07) is 17.7. The standard InChI is InChI=1S/C31H39N2OP/c1-21(2)25-19-26(22(3)4)30(27(20-25)23(5)6)29-24(7)13-14-28(34-8)31(29)35(32-15-9-10-16-32)33-17-11-12-18-33/h9-23H,1-8H3. The normalized spacial score (nSPS) is 11.9. The van der Waals surface area contributed by atoms with E-state index in [2.05, 4.69) is 130 Å². The summed E-state index contributed by atoms with van der Waals surface area (Å²) >= 11 is 0. The summed E-state index contributed by atoms with van der Waals surface area (Å²) in [5, 5.41) is 1.26. The number of ether oxygens (including phenoxy) is 1. The van der Waals surface area contributed by atoms with E-state index in [1.807, 2.05) is 0 Å². The molecule has 4 rings (SSSR count). The van der Waals surface area contributed by atoms with Crippen molar-refractivity contribution in [1.82, 2.24) is 8.68 Å². The van der Waals surface area contributed by atoms with Crippen LogP contribution in [0, 0.1) is 6.92 Å². The summed E-state index contributed by atoms with van der Waals surface area (Å²) in [4.78, 5) is 0. The lowest BCUT2D eigenvalue weighted by Gasteiger charge is -2.30. The van der Waals surface area contributed by atoms with E-state index in [0.29, 0.717) is 17.8 Å². The lowest BCUT2D eigenvalue weighted by atomic mass is 9.80. The van der Waals surface area contributed by atoms with Crippen LogP contribution in [0.25, 0.3) is 11.1 Å². The van der Waals surface area contributed by atoms with Crippen LogP contribution in [0.2, 0.25) is 0 Å². The van der Waals surface area contributed by atoms with Crippen molar-refractivity contribution in [3.05, 3.63) is 95.6 Å². The largest absolute Gasteiger partial charge is 0.496 e. The van der Waals surface area contributed by atoms with Gasteiger partial charge >= 0.3 is 0 Å². The summed E-state index contributed by atoms with van der Waals surface area (Å²) in [6.45, 7) is 16.1. The maximum atomic E-state index is 6.09. The van der Waals surface area contributed by atoms with Crippen LogP contribution in [0.15, 0.2) is 73.3 Å². The third-order valence-corrected chi connectivity index (χ3v) is 9.02. The van der Waals surface area contributed by atoms with E-state index in [1.165, 1.54) is 38.7 Å². The summed E-state index contributed by atoms with van der Waals surface area (Å²) in [5.41, 5.74) is 8.26. The van der Waals surface area contributed by atoms with E-state index in [9.17, 15) is 0 Å². The van der Waals surface area contributed by atoms with Crippen LogP contribution in [-0.2, 0) is 0 Å². The Bertz CT molecular complexity index is 1200. The Kier molecular flexibility index (Phi) is 7.57. The first-order valence-corrected chi connectivity index (χ1v) is 13.9. The van der Waals surface area contributed by atoms with Gasteiger partial charge in [0.15, 0.2) is 0 Å². The summed E-state index contributed by atoms with van der Waals surface area (Å²) in [6.07, 6.45) is 8.69. The predicted molar refractivity (Wildman–Crippen MR) is 152 cm³/mol. The van der Waals surface area contributed by atoms with Gasteiger partial charge in [-0.05, 0) is 82.8 Å². The predicted octanol–water partition coefficient (Wildman–Crippen LogP) is 8.68. The van der Waals surface area contributed by atoms with Crippen molar-refractivity contribution in [3.63, 3.8) is 0 Å². The first-order chi connectivity index (χ1) is 16.7. The van der Waals surface area contributed by atoms with Gasteiger partial charge in [0.25, 0.3) is 0 Å². The molecule has 0 radical (unpaired) electrons. The van der Waals surface area contributed by atoms with Crippen molar-refractivity contribution in [2.75, 3.05) is 7.11 Å². The van der Waals surface area contributed by atoms with Gasteiger partial charge in [-0.25, -0.2) is 0 Å². The molecule has 0 aliphatic heterocycles. The molecule has 4 heteroatoms. The summed E-state index contributed by atoms with van der Waals surface area (Å²) in [5.74, 6) is 2.24. The molecule has 0 aliphatic carbocycles. The van der Waals surface area contributed by atoms with Crippen LogP contribution in [0.3, 0.4) is 0 Å². The van der Waals surface area contributed by atoms with Gasteiger partial charge in [-0.1, -0.05) is 59.7 Å². The molecule has 0 saturated carbocycles. The number of rotatable bonds is 8. The molecule has 0 saturated heterocycles. The molecule has 0 atom stereocenters. The van der Waals surface area contributed by atoms with Gasteiger partial charge in [0.2, 0.25) is 0 Å². The summed E-state index contributed by atoms with van der Waals surface area (Å²) in [7, 11) is 0.863. The van der Waals surface area contributed by atoms with E-state index in [-0.39, 0.29) is 0 Å². The number of nitrogens with zero attached hydrogens (tertiary/aromatic N) is 2. The fourth-order valence-electron chi connectivity index (χ4n) is 4.85. The molecular weight excluding hydrogens is 447 g/mol. The highest BCUT2D eigenvalue weighted by Gasteiger charge is 2.29. The Morgan fingerprint density at radius 3 is 1.57 bits per heavy atom. The van der Waals surface area contributed by atoms with Crippen molar-refractivity contribution in [3.8, 4) is 16.9 Å². The minimum atomic E-state index is -0.934. The molecular formula is C31H39N2OP. The summed E-state index contributed by atoms with van der Waals surface area (Å²) < 4.78 is 10.8. The molecule has 0 fully saturated rings. The second-order valence-corrected chi connectivity index (χ2v) is 12.2. The maximum absolute atomic E-state index is 6.09. The second-order valence-electron chi connectivity index (χ2n) is 10.3. The monoisotopic (exact) mass is 486 g/mol. The quantitative estimate of drug-likeness (QED) is 0.228. The molecule has 184 valence electrons. The highest BCUT2D eigenvalue weighted by atomic mass is 31.1. The number of methoxy groups -OCH3 is 1. The van der Waals surface area contributed by atoms with E-state index in [0.717, 1.165) is 5.75 Å². The minimum Gasteiger partial charge on any atom is -0.496 e. The van der Waals surface area contributed by atoms with E-state index in [1.54, 1.807) is 7.11 Å². The van der Waals surface area contributed by atoms with Gasteiger partial charge in [-0.2, -0.15) is 0 Å². The zero-order valence-corrected chi connectivity index (χ0v) is 23.3. The lowest BCUT2D eigenvalue weighted by molar-refractivity contribution is 0.418. The van der Waals surface area contributed by atoms with Crippen LogP contribution >= 0.6 is 8.22 Å². The van der Waals surface area contributed by atoms with Crippen LogP contribution in [0.1, 0.15) is 81.5 Å². The van der Waals surface area contributed by atoms with E-state index >= 15 is 0 Å². The number of aryl methyl sites for hydroxylation is 1. The SMILES string of the molecule is COc1ccc(C)c(-c2c(C(C)C)cc(C(C)C)cc2C(C)C)c1P(n1cccc1)n1cccc1. The Morgan fingerprint density at radius 2 is 1.17 bits per heavy atom. The Hall–Kier alpha value is -2.77. The average Bonchev–Trinajstić information content (AvgIpc) is 3.54. The molecule has 0 amide bonds. The average molecular weight is 487 g/mol. The van der Waals surface area contributed by atoms with Crippen molar-refractivity contribution >= 4 is 13.5 Å². The zero-order valence-electron chi connectivity index (χ0n) is 22.4. The number of hydrogen-bond donors (Lipinski definition) is 0. The number of benzene rings is 2. The Balaban J connectivity index is 2.16. The zero-order chi connectivity index (χ0) is 25.3. The molecule has 2 aromatic heterocycles. The smallest absolute Gasteiger partial charge is 0.141 e.